The Labute approximate surface area is 210 Å². The van der Waals surface area contributed by atoms with E-state index in [0.29, 0.717) is 5.69 Å². The fourth-order valence-corrected chi connectivity index (χ4v) is 4.99. The summed E-state index contributed by atoms with van der Waals surface area (Å²) in [5.41, 5.74) is 0.0146. The Balaban J connectivity index is 1.66. The molecule has 0 saturated carbocycles. The van der Waals surface area contributed by atoms with Gasteiger partial charge in [0, 0.05) is 5.69 Å². The van der Waals surface area contributed by atoms with E-state index >= 15 is 0 Å². The molecule has 14 heteroatoms. The van der Waals surface area contributed by atoms with Crippen molar-refractivity contribution in [1.29, 1.82) is 0 Å². The molecule has 0 saturated heterocycles. The Hall–Kier alpha value is -3.78. The van der Waals surface area contributed by atoms with Gasteiger partial charge in [0.25, 0.3) is 25.7 Å². The third-order valence-electron chi connectivity index (χ3n) is 4.92. The molecule has 0 unspecified atom stereocenters. The number of benzene rings is 3. The van der Waals surface area contributed by atoms with Gasteiger partial charge in [-0.1, -0.05) is 35.9 Å². The van der Waals surface area contributed by atoms with Crippen molar-refractivity contribution in [2.75, 3.05) is 4.72 Å². The first kappa shape index (κ1) is 25.3. The number of para-hydroxylation sites is 1. The molecule has 0 bridgehead atoms. The normalized spacial score (nSPS) is 12.2. The largest absolute Gasteiger partial charge is 0.299 e. The number of rotatable bonds is 7. The summed E-state index contributed by atoms with van der Waals surface area (Å²) >= 11 is 6.13. The lowest BCUT2D eigenvalue weighted by atomic mass is 10.3. The standard InChI is InChI=1S/C22H18ClN5O6S2/c1-14-21(22(29)28(26-14)20-13-18(36(32,33)34)10-11-19(20)23)25-24-16-8-5-9-17(12-16)35(30,31)27-15-6-3-2-4-7-15/h2-13,26-27H,1H3,(H,32,33,34). The molecule has 3 aromatic carbocycles. The van der Waals surface area contributed by atoms with Gasteiger partial charge in [-0.2, -0.15) is 13.5 Å². The van der Waals surface area contributed by atoms with E-state index in [2.05, 4.69) is 20.0 Å². The Bertz CT molecular complexity index is 1750. The van der Waals surface area contributed by atoms with Crippen LogP contribution in [0, 0.1) is 6.92 Å². The number of azo groups is 1. The fourth-order valence-electron chi connectivity index (χ4n) is 3.19. The van der Waals surface area contributed by atoms with Crippen LogP contribution in [0.5, 0.6) is 0 Å². The van der Waals surface area contributed by atoms with Gasteiger partial charge in [0.1, 0.15) is 0 Å². The summed E-state index contributed by atoms with van der Waals surface area (Å²) in [7, 11) is -8.43. The lowest BCUT2D eigenvalue weighted by Gasteiger charge is -2.08. The van der Waals surface area contributed by atoms with Crippen molar-refractivity contribution >= 4 is 48.8 Å². The number of halogens is 1. The molecule has 0 aliphatic heterocycles. The van der Waals surface area contributed by atoms with E-state index in [9.17, 15) is 26.2 Å². The number of hydrogen-bond donors (Lipinski definition) is 3. The van der Waals surface area contributed by atoms with Gasteiger partial charge < -0.3 is 0 Å². The minimum atomic E-state index is -4.53. The highest BCUT2D eigenvalue weighted by Gasteiger charge is 2.18. The summed E-state index contributed by atoms with van der Waals surface area (Å²) in [6.07, 6.45) is 0. The zero-order valence-electron chi connectivity index (χ0n) is 18.5. The van der Waals surface area contributed by atoms with Crippen LogP contribution in [0.2, 0.25) is 5.02 Å². The van der Waals surface area contributed by atoms with Crippen LogP contribution in [-0.4, -0.2) is 31.2 Å². The summed E-state index contributed by atoms with van der Waals surface area (Å²) in [5, 5.41) is 10.7. The number of aryl methyl sites for hydroxylation is 1. The molecule has 0 aliphatic rings. The SMILES string of the molecule is Cc1[nH]n(-c2cc(S(=O)(=O)O)ccc2Cl)c(=O)c1N=Nc1cccc(S(=O)(=O)Nc2ccccc2)c1. The molecule has 0 fully saturated rings. The zero-order valence-corrected chi connectivity index (χ0v) is 20.8. The van der Waals surface area contributed by atoms with Gasteiger partial charge in [0.05, 0.1) is 31.9 Å². The molecule has 4 aromatic rings. The molecule has 4 rings (SSSR count). The number of H-pyrrole nitrogens is 1. The number of aromatic amines is 1. The maximum Gasteiger partial charge on any atom is 0.299 e. The molecule has 11 nitrogen and oxygen atoms in total. The van der Waals surface area contributed by atoms with Crippen molar-refractivity contribution in [3.05, 3.63) is 93.9 Å². The average molecular weight is 548 g/mol. The smallest absolute Gasteiger partial charge is 0.293 e. The molecule has 1 aromatic heterocycles. The van der Waals surface area contributed by atoms with Crippen molar-refractivity contribution in [1.82, 2.24) is 9.78 Å². The second kappa shape index (κ2) is 9.70. The van der Waals surface area contributed by atoms with E-state index < -0.39 is 30.6 Å². The first-order valence-corrected chi connectivity index (χ1v) is 13.4. The molecule has 0 spiro atoms. The Kier molecular flexibility index (Phi) is 6.82. The van der Waals surface area contributed by atoms with Crippen LogP contribution in [0.1, 0.15) is 5.69 Å². The lowest BCUT2D eigenvalue weighted by Crippen LogP contribution is -2.15. The summed E-state index contributed by atoms with van der Waals surface area (Å²) in [4.78, 5) is 12.4. The molecule has 0 amide bonds. The Morgan fingerprint density at radius 3 is 2.33 bits per heavy atom. The molecule has 36 heavy (non-hydrogen) atoms. The zero-order chi connectivity index (χ0) is 26.1. The predicted octanol–water partition coefficient (Wildman–Crippen LogP) is 4.59. The van der Waals surface area contributed by atoms with Crippen LogP contribution in [0.3, 0.4) is 0 Å². The van der Waals surface area contributed by atoms with Crippen LogP contribution in [-0.2, 0) is 20.1 Å². The van der Waals surface area contributed by atoms with Gasteiger partial charge in [-0.25, -0.2) is 13.1 Å². The molecule has 3 N–H and O–H groups in total. The predicted molar refractivity (Wildman–Crippen MR) is 134 cm³/mol. The molecule has 0 aliphatic carbocycles. The van der Waals surface area contributed by atoms with E-state index in [1.165, 1.54) is 37.3 Å². The number of aromatic nitrogens is 2. The summed E-state index contributed by atoms with van der Waals surface area (Å²) in [6.45, 7) is 1.54. The van der Waals surface area contributed by atoms with Gasteiger partial charge in [0.15, 0.2) is 5.69 Å². The minimum Gasteiger partial charge on any atom is -0.293 e. The van der Waals surface area contributed by atoms with Crippen LogP contribution < -0.4 is 10.3 Å². The molecular weight excluding hydrogens is 530 g/mol. The average Bonchev–Trinajstić information content (AvgIpc) is 3.10. The molecule has 1 heterocycles. The summed E-state index contributed by atoms with van der Waals surface area (Å²) < 4.78 is 61.1. The van der Waals surface area contributed by atoms with E-state index in [1.54, 1.807) is 30.3 Å². The van der Waals surface area contributed by atoms with Crippen molar-refractivity contribution in [2.45, 2.75) is 16.7 Å². The van der Waals surface area contributed by atoms with Crippen molar-refractivity contribution in [3.63, 3.8) is 0 Å². The van der Waals surface area contributed by atoms with Gasteiger partial charge in [-0.05, 0) is 55.5 Å². The van der Waals surface area contributed by atoms with Crippen molar-refractivity contribution in [2.24, 2.45) is 10.2 Å². The first-order chi connectivity index (χ1) is 17.0. The van der Waals surface area contributed by atoms with Crippen LogP contribution in [0.4, 0.5) is 17.1 Å². The van der Waals surface area contributed by atoms with Crippen LogP contribution in [0.15, 0.2) is 97.6 Å². The van der Waals surface area contributed by atoms with E-state index in [0.717, 1.165) is 16.8 Å². The molecule has 186 valence electrons. The maximum absolute atomic E-state index is 13.0. The number of hydrogen-bond acceptors (Lipinski definition) is 7. The highest BCUT2D eigenvalue weighted by atomic mass is 35.5. The maximum atomic E-state index is 13.0. The monoisotopic (exact) mass is 547 g/mol. The summed E-state index contributed by atoms with van der Waals surface area (Å²) in [6, 6.07) is 17.4. The number of anilines is 1. The van der Waals surface area contributed by atoms with E-state index in [1.807, 2.05) is 0 Å². The molecular formula is C22H18ClN5O6S2. The second-order valence-corrected chi connectivity index (χ2v) is 11.0. The summed E-state index contributed by atoms with van der Waals surface area (Å²) in [5.74, 6) is 0. The third kappa shape index (κ3) is 5.39. The van der Waals surface area contributed by atoms with Crippen molar-refractivity contribution < 1.29 is 21.4 Å². The van der Waals surface area contributed by atoms with E-state index in [-0.39, 0.29) is 32.7 Å². The van der Waals surface area contributed by atoms with Crippen LogP contribution >= 0.6 is 11.6 Å². The highest BCUT2D eigenvalue weighted by Crippen LogP contribution is 2.26. The Morgan fingerprint density at radius 1 is 0.917 bits per heavy atom. The number of sulfonamides is 1. The van der Waals surface area contributed by atoms with Gasteiger partial charge in [-0.3, -0.25) is 19.2 Å². The molecule has 0 atom stereocenters. The number of nitrogens with zero attached hydrogens (tertiary/aromatic N) is 3. The quantitative estimate of drug-likeness (QED) is 0.226. The molecule has 0 radical (unpaired) electrons. The van der Waals surface area contributed by atoms with Crippen molar-refractivity contribution in [3.8, 4) is 5.69 Å². The van der Waals surface area contributed by atoms with Gasteiger partial charge in [-0.15, -0.1) is 5.11 Å². The first-order valence-electron chi connectivity index (χ1n) is 10.1. The third-order valence-corrected chi connectivity index (χ3v) is 7.46. The van der Waals surface area contributed by atoms with E-state index in [4.69, 9.17) is 11.6 Å². The minimum absolute atomic E-state index is 0.0265. The van der Waals surface area contributed by atoms with Gasteiger partial charge >= 0.3 is 0 Å². The number of nitrogens with one attached hydrogen (secondary N) is 2. The lowest BCUT2D eigenvalue weighted by molar-refractivity contribution is 0.483. The fraction of sp³-hybridized carbons (Fsp3) is 0.0455. The topological polar surface area (TPSA) is 163 Å². The second-order valence-electron chi connectivity index (χ2n) is 7.48. The van der Waals surface area contributed by atoms with Gasteiger partial charge in [0.2, 0.25) is 0 Å². The Morgan fingerprint density at radius 2 is 1.64 bits per heavy atom. The highest BCUT2D eigenvalue weighted by molar-refractivity contribution is 7.92. The van der Waals surface area contributed by atoms with Crippen LogP contribution in [0.25, 0.3) is 5.69 Å².